The van der Waals surface area contributed by atoms with Crippen molar-refractivity contribution in [1.29, 1.82) is 0 Å². The summed E-state index contributed by atoms with van der Waals surface area (Å²) in [5, 5.41) is 15.5. The third-order valence-corrected chi connectivity index (χ3v) is 4.22. The molecule has 0 aliphatic carbocycles. The average molecular weight is 391 g/mol. The molecule has 0 atom stereocenters. The molecule has 0 fully saturated rings. The summed E-state index contributed by atoms with van der Waals surface area (Å²) < 4.78 is 20.2. The Bertz CT molecular complexity index is 1110. The number of rotatable bonds is 7. The lowest BCUT2D eigenvalue weighted by molar-refractivity contribution is -0.120. The maximum Gasteiger partial charge on any atom is 0.231 e. The third kappa shape index (κ3) is 4.55. The van der Waals surface area contributed by atoms with Gasteiger partial charge in [0.15, 0.2) is 11.5 Å². The van der Waals surface area contributed by atoms with Crippen LogP contribution >= 0.6 is 0 Å². The topological polar surface area (TPSA) is 81.4 Å². The maximum absolute atomic E-state index is 12.9. The smallest absolute Gasteiger partial charge is 0.231 e. The van der Waals surface area contributed by atoms with E-state index >= 15 is 0 Å². The lowest BCUT2D eigenvalue weighted by Gasteiger charge is -2.08. The molecule has 0 spiro atoms. The fourth-order valence-electron chi connectivity index (χ4n) is 2.81. The summed E-state index contributed by atoms with van der Waals surface area (Å²) in [6.07, 6.45) is 0.186. The molecule has 1 amide bonds. The van der Waals surface area contributed by atoms with E-state index in [0.29, 0.717) is 23.9 Å². The van der Waals surface area contributed by atoms with Crippen LogP contribution in [0, 0.1) is 5.82 Å². The van der Waals surface area contributed by atoms with E-state index in [1.54, 1.807) is 28.8 Å². The molecule has 0 aliphatic heterocycles. The quantitative estimate of drug-likeness (QED) is 0.490. The van der Waals surface area contributed by atoms with E-state index in [4.69, 9.17) is 4.74 Å². The number of halogens is 1. The highest BCUT2D eigenvalue weighted by Crippen LogP contribution is 2.18. The summed E-state index contributed by atoms with van der Waals surface area (Å²) in [6, 6.07) is 19.0. The SMILES string of the molecule is O=C(Cc1ccc(F)cc1)NCCOc1ccc2nnc(-c3ccccc3)n2n1. The highest BCUT2D eigenvalue weighted by atomic mass is 19.1. The molecule has 0 saturated carbocycles. The molecule has 2 aromatic heterocycles. The van der Waals surface area contributed by atoms with Crippen LogP contribution in [0.2, 0.25) is 0 Å². The van der Waals surface area contributed by atoms with Crippen molar-refractivity contribution in [1.82, 2.24) is 25.1 Å². The number of hydrogen-bond acceptors (Lipinski definition) is 5. The Morgan fingerprint density at radius 1 is 1.00 bits per heavy atom. The fraction of sp³-hybridized carbons (Fsp3) is 0.143. The van der Waals surface area contributed by atoms with E-state index in [-0.39, 0.29) is 24.8 Å². The van der Waals surface area contributed by atoms with Crippen LogP contribution in [-0.2, 0) is 11.2 Å². The molecule has 0 bridgehead atoms. The van der Waals surface area contributed by atoms with Crippen LogP contribution in [0.3, 0.4) is 0 Å². The number of ether oxygens (including phenoxy) is 1. The monoisotopic (exact) mass is 391 g/mol. The van der Waals surface area contributed by atoms with Crippen LogP contribution in [0.25, 0.3) is 17.0 Å². The molecule has 0 unspecified atom stereocenters. The summed E-state index contributed by atoms with van der Waals surface area (Å²) in [5.74, 6) is 0.547. The molecule has 0 saturated heterocycles. The minimum absolute atomic E-state index is 0.159. The van der Waals surface area contributed by atoms with Crippen molar-refractivity contribution in [3.63, 3.8) is 0 Å². The molecule has 7 nitrogen and oxygen atoms in total. The van der Waals surface area contributed by atoms with Gasteiger partial charge in [-0.2, -0.15) is 4.52 Å². The molecule has 2 heterocycles. The maximum atomic E-state index is 12.9. The molecule has 0 aliphatic rings. The van der Waals surface area contributed by atoms with Gasteiger partial charge < -0.3 is 10.1 Å². The van der Waals surface area contributed by atoms with E-state index in [1.165, 1.54) is 12.1 Å². The largest absolute Gasteiger partial charge is 0.475 e. The van der Waals surface area contributed by atoms with Gasteiger partial charge in [-0.25, -0.2) is 4.39 Å². The average Bonchev–Trinajstić information content (AvgIpc) is 3.17. The van der Waals surface area contributed by atoms with E-state index in [2.05, 4.69) is 20.6 Å². The highest BCUT2D eigenvalue weighted by molar-refractivity contribution is 5.78. The number of nitrogens with zero attached hydrogens (tertiary/aromatic N) is 4. The summed E-state index contributed by atoms with van der Waals surface area (Å²) in [4.78, 5) is 12.0. The molecular weight excluding hydrogens is 373 g/mol. The Morgan fingerprint density at radius 3 is 2.59 bits per heavy atom. The Balaban J connectivity index is 1.33. The van der Waals surface area contributed by atoms with Gasteiger partial charge in [0.25, 0.3) is 0 Å². The van der Waals surface area contributed by atoms with Crippen LogP contribution in [-0.4, -0.2) is 38.9 Å². The minimum atomic E-state index is -0.324. The van der Waals surface area contributed by atoms with Crippen molar-refractivity contribution in [3.05, 3.63) is 78.1 Å². The van der Waals surface area contributed by atoms with E-state index in [9.17, 15) is 9.18 Å². The van der Waals surface area contributed by atoms with Crippen LogP contribution < -0.4 is 10.1 Å². The molecule has 4 rings (SSSR count). The normalized spacial score (nSPS) is 10.8. The number of hydrogen-bond donors (Lipinski definition) is 1. The Hall–Kier alpha value is -3.81. The van der Waals surface area contributed by atoms with Crippen molar-refractivity contribution in [2.24, 2.45) is 0 Å². The predicted molar refractivity (Wildman–Crippen MR) is 105 cm³/mol. The van der Waals surface area contributed by atoms with Gasteiger partial charge in [0, 0.05) is 11.6 Å². The Labute approximate surface area is 166 Å². The molecule has 146 valence electrons. The van der Waals surface area contributed by atoms with Crippen molar-refractivity contribution in [2.75, 3.05) is 13.2 Å². The number of amides is 1. The second-order valence-electron chi connectivity index (χ2n) is 6.33. The first kappa shape index (κ1) is 18.5. The van der Waals surface area contributed by atoms with E-state index in [0.717, 1.165) is 11.1 Å². The molecule has 0 radical (unpaired) electrons. The van der Waals surface area contributed by atoms with Gasteiger partial charge >= 0.3 is 0 Å². The lowest BCUT2D eigenvalue weighted by Crippen LogP contribution is -2.29. The molecule has 29 heavy (non-hydrogen) atoms. The van der Waals surface area contributed by atoms with E-state index in [1.807, 2.05) is 30.3 Å². The number of nitrogens with one attached hydrogen (secondary N) is 1. The van der Waals surface area contributed by atoms with Gasteiger partial charge in [-0.1, -0.05) is 42.5 Å². The van der Waals surface area contributed by atoms with Crippen LogP contribution in [0.5, 0.6) is 5.88 Å². The second kappa shape index (κ2) is 8.47. The first-order valence-corrected chi connectivity index (χ1v) is 9.11. The van der Waals surface area contributed by atoms with Gasteiger partial charge in [0.1, 0.15) is 12.4 Å². The van der Waals surface area contributed by atoms with Gasteiger partial charge in [-0.3, -0.25) is 4.79 Å². The third-order valence-electron chi connectivity index (χ3n) is 4.22. The highest BCUT2D eigenvalue weighted by Gasteiger charge is 2.10. The van der Waals surface area contributed by atoms with Gasteiger partial charge in [0.05, 0.1) is 13.0 Å². The van der Waals surface area contributed by atoms with Crippen LogP contribution in [0.15, 0.2) is 66.7 Å². The number of aromatic nitrogens is 4. The van der Waals surface area contributed by atoms with Crippen molar-refractivity contribution < 1.29 is 13.9 Å². The Morgan fingerprint density at radius 2 is 1.79 bits per heavy atom. The molecular formula is C21H18FN5O2. The first-order chi connectivity index (χ1) is 14.2. The first-order valence-electron chi connectivity index (χ1n) is 9.11. The molecule has 2 aromatic carbocycles. The molecule has 1 N–H and O–H groups in total. The lowest BCUT2D eigenvalue weighted by atomic mass is 10.1. The fourth-order valence-corrected chi connectivity index (χ4v) is 2.81. The predicted octanol–water partition coefficient (Wildman–Crippen LogP) is 2.67. The van der Waals surface area contributed by atoms with Crippen LogP contribution in [0.1, 0.15) is 5.56 Å². The van der Waals surface area contributed by atoms with Gasteiger partial charge in [-0.05, 0) is 23.8 Å². The number of benzene rings is 2. The summed E-state index contributed by atoms with van der Waals surface area (Å²) in [5.41, 5.74) is 2.26. The number of fused-ring (bicyclic) bond motifs is 1. The minimum Gasteiger partial charge on any atom is -0.475 e. The zero-order chi connectivity index (χ0) is 20.1. The zero-order valence-corrected chi connectivity index (χ0v) is 15.5. The molecule has 8 heteroatoms. The van der Waals surface area contributed by atoms with E-state index < -0.39 is 0 Å². The van der Waals surface area contributed by atoms with Gasteiger partial charge in [-0.15, -0.1) is 15.3 Å². The van der Waals surface area contributed by atoms with Crippen molar-refractivity contribution in [2.45, 2.75) is 6.42 Å². The van der Waals surface area contributed by atoms with Crippen LogP contribution in [0.4, 0.5) is 4.39 Å². The summed E-state index contributed by atoms with van der Waals surface area (Å²) in [6.45, 7) is 0.587. The summed E-state index contributed by atoms with van der Waals surface area (Å²) in [7, 11) is 0. The Kier molecular flexibility index (Phi) is 5.42. The zero-order valence-electron chi connectivity index (χ0n) is 15.5. The van der Waals surface area contributed by atoms with Crippen molar-refractivity contribution in [3.8, 4) is 17.3 Å². The molecule has 4 aromatic rings. The number of carbonyl (C=O) groups is 1. The van der Waals surface area contributed by atoms with Gasteiger partial charge in [0.2, 0.25) is 11.8 Å². The van der Waals surface area contributed by atoms with Crippen molar-refractivity contribution >= 4 is 11.6 Å². The number of carbonyl (C=O) groups excluding carboxylic acids is 1. The summed E-state index contributed by atoms with van der Waals surface area (Å²) >= 11 is 0. The standard InChI is InChI=1S/C21H18FN5O2/c22-17-8-6-15(7-9-17)14-19(28)23-12-13-29-20-11-10-18-24-25-21(27(18)26-20)16-4-2-1-3-5-16/h1-11H,12-14H2,(H,23,28). The second-order valence-corrected chi connectivity index (χ2v) is 6.33.